The van der Waals surface area contributed by atoms with Gasteiger partial charge in [-0.2, -0.15) is 0 Å². The first-order chi connectivity index (χ1) is 7.77. The quantitative estimate of drug-likeness (QED) is 0.650. The molecule has 94 valence electrons. The third-order valence-electron chi connectivity index (χ3n) is 3.02. The number of aliphatic hydroxyl groups excluding tert-OH is 1. The smallest absolute Gasteiger partial charge is 0.354 e. The summed E-state index contributed by atoms with van der Waals surface area (Å²) in [6, 6.07) is -0.786. The van der Waals surface area contributed by atoms with Crippen LogP contribution < -0.4 is 0 Å². The Hall–Kier alpha value is -1.69. The molecule has 0 saturated carbocycles. The summed E-state index contributed by atoms with van der Waals surface area (Å²) in [4.78, 5) is 25.8. The van der Waals surface area contributed by atoms with Crippen molar-refractivity contribution >= 4 is 17.7 Å². The highest BCUT2D eigenvalue weighted by atomic mass is 16.4. The zero-order chi connectivity index (χ0) is 13.3. The van der Waals surface area contributed by atoms with Gasteiger partial charge in [0.25, 0.3) is 0 Å². The number of carbonyl (C=O) groups is 2. The summed E-state index contributed by atoms with van der Waals surface area (Å²) < 4.78 is 0. The summed E-state index contributed by atoms with van der Waals surface area (Å²) in [7, 11) is 0. The van der Waals surface area contributed by atoms with Gasteiger partial charge in [0.2, 0.25) is 0 Å². The second-order valence-corrected chi connectivity index (χ2v) is 4.19. The van der Waals surface area contributed by atoms with Crippen LogP contribution in [0.3, 0.4) is 0 Å². The number of carboxylic acids is 2. The van der Waals surface area contributed by atoms with E-state index in [9.17, 15) is 14.7 Å². The van der Waals surface area contributed by atoms with Crippen LogP contribution in [0.15, 0.2) is 17.1 Å². The van der Waals surface area contributed by atoms with E-state index in [2.05, 4.69) is 11.6 Å². The Balaban J connectivity index is 3.10. The van der Waals surface area contributed by atoms with Gasteiger partial charge in [-0.1, -0.05) is 13.5 Å². The van der Waals surface area contributed by atoms with Crippen LogP contribution >= 0.6 is 0 Å². The van der Waals surface area contributed by atoms with Gasteiger partial charge in [0.1, 0.15) is 11.6 Å². The number of rotatable bonds is 4. The van der Waals surface area contributed by atoms with Crippen molar-refractivity contribution in [3.63, 3.8) is 0 Å². The summed E-state index contributed by atoms with van der Waals surface area (Å²) in [5.74, 6) is -3.95. The van der Waals surface area contributed by atoms with Crippen LogP contribution in [0.5, 0.6) is 0 Å². The monoisotopic (exact) mass is 241 g/mol. The maximum atomic E-state index is 11.1. The molecule has 6 heteroatoms. The van der Waals surface area contributed by atoms with E-state index >= 15 is 0 Å². The second kappa shape index (κ2) is 4.67. The van der Waals surface area contributed by atoms with Gasteiger partial charge in [0.15, 0.2) is 0 Å². The Morgan fingerprint density at radius 1 is 1.41 bits per heavy atom. The average Bonchev–Trinajstić information content (AvgIpc) is 2.45. The van der Waals surface area contributed by atoms with Crippen molar-refractivity contribution in [2.24, 2.45) is 16.8 Å². The molecule has 6 nitrogen and oxygen atoms in total. The Labute approximate surface area is 98.3 Å². The Kier molecular flexibility index (Phi) is 3.67. The molecule has 1 aliphatic heterocycles. The van der Waals surface area contributed by atoms with Crippen molar-refractivity contribution < 1.29 is 24.9 Å². The number of aliphatic carboxylic acids is 2. The molecule has 0 aromatic carbocycles. The molecule has 0 amide bonds. The lowest BCUT2D eigenvalue weighted by atomic mass is 9.84. The highest BCUT2D eigenvalue weighted by Crippen LogP contribution is 2.32. The molecular weight excluding hydrogens is 226 g/mol. The van der Waals surface area contributed by atoms with Crippen LogP contribution in [0, 0.1) is 11.8 Å². The second-order valence-electron chi connectivity index (χ2n) is 4.19. The average molecular weight is 241 g/mol. The van der Waals surface area contributed by atoms with E-state index in [0.717, 1.165) is 0 Å². The molecule has 4 atom stereocenters. The van der Waals surface area contributed by atoms with E-state index in [1.165, 1.54) is 6.92 Å². The molecule has 0 aliphatic carbocycles. The largest absolute Gasteiger partial charge is 0.481 e. The molecule has 1 rings (SSSR count). The molecule has 0 bridgehead atoms. The van der Waals surface area contributed by atoms with E-state index < -0.39 is 35.9 Å². The zero-order valence-corrected chi connectivity index (χ0v) is 9.62. The summed E-state index contributed by atoms with van der Waals surface area (Å²) in [5.41, 5.74) is 0.101. The summed E-state index contributed by atoms with van der Waals surface area (Å²) in [5, 5.41) is 27.3. The molecule has 3 N–H and O–H groups in total. The first-order valence-electron chi connectivity index (χ1n) is 5.18. The van der Waals surface area contributed by atoms with Gasteiger partial charge in [-0.25, -0.2) is 4.79 Å². The Bertz CT molecular complexity index is 399. The minimum atomic E-state index is -1.22. The maximum Gasteiger partial charge on any atom is 0.354 e. The summed E-state index contributed by atoms with van der Waals surface area (Å²) in [6.07, 6.45) is -1.11. The minimum Gasteiger partial charge on any atom is -0.481 e. The van der Waals surface area contributed by atoms with Gasteiger partial charge in [-0.05, 0) is 12.5 Å². The molecule has 0 fully saturated rings. The van der Waals surface area contributed by atoms with Gasteiger partial charge >= 0.3 is 11.9 Å². The fourth-order valence-corrected chi connectivity index (χ4v) is 1.99. The standard InChI is InChI=1S/C11H15NO5/c1-4-5(2)9(11(16)17)12-8(4)7(6(3)13)10(14)15/h4,6-8,13H,2H2,1,3H3,(H,14,15)(H,16,17). The number of aliphatic hydroxyl groups is 1. The molecule has 1 heterocycles. The first-order valence-corrected chi connectivity index (χ1v) is 5.18. The third-order valence-corrected chi connectivity index (χ3v) is 3.02. The van der Waals surface area contributed by atoms with E-state index in [4.69, 9.17) is 10.2 Å². The predicted octanol–water partition coefficient (Wildman–Crippen LogP) is 0.168. The van der Waals surface area contributed by atoms with Crippen molar-refractivity contribution in [1.82, 2.24) is 0 Å². The fourth-order valence-electron chi connectivity index (χ4n) is 1.99. The van der Waals surface area contributed by atoms with E-state index in [-0.39, 0.29) is 5.71 Å². The first kappa shape index (κ1) is 13.4. The van der Waals surface area contributed by atoms with E-state index in [0.29, 0.717) is 5.57 Å². The fraction of sp³-hybridized carbons (Fsp3) is 0.545. The van der Waals surface area contributed by atoms with Crippen LogP contribution in [0.2, 0.25) is 0 Å². The number of hydrogen-bond donors (Lipinski definition) is 3. The normalized spacial score (nSPS) is 27.5. The van der Waals surface area contributed by atoms with Crippen LogP contribution in [0.25, 0.3) is 0 Å². The maximum absolute atomic E-state index is 11.1. The molecule has 1 aliphatic rings. The third kappa shape index (κ3) is 2.36. The molecule has 0 spiro atoms. The van der Waals surface area contributed by atoms with Crippen molar-refractivity contribution in [3.05, 3.63) is 12.2 Å². The Morgan fingerprint density at radius 2 is 1.94 bits per heavy atom. The number of nitrogens with zero attached hydrogens (tertiary/aromatic N) is 1. The van der Waals surface area contributed by atoms with Crippen LogP contribution in [-0.2, 0) is 9.59 Å². The number of carboxylic acid groups (broad SMARTS) is 2. The van der Waals surface area contributed by atoms with E-state index in [1.54, 1.807) is 6.92 Å². The SMILES string of the molecule is C=C1C(C(=O)O)=NC(C(C(=O)O)C(C)O)C1C. The van der Waals surface area contributed by atoms with Crippen molar-refractivity contribution in [2.75, 3.05) is 0 Å². The van der Waals surface area contributed by atoms with Crippen LogP contribution in [-0.4, -0.2) is 45.1 Å². The van der Waals surface area contributed by atoms with Gasteiger partial charge < -0.3 is 15.3 Å². The molecular formula is C11H15NO5. The Morgan fingerprint density at radius 3 is 2.24 bits per heavy atom. The highest BCUT2D eigenvalue weighted by Gasteiger charge is 2.42. The lowest BCUT2D eigenvalue weighted by molar-refractivity contribution is -0.146. The zero-order valence-electron chi connectivity index (χ0n) is 9.62. The van der Waals surface area contributed by atoms with Crippen molar-refractivity contribution in [1.29, 1.82) is 0 Å². The molecule has 0 saturated heterocycles. The number of aliphatic imine (C=N–C) groups is 1. The minimum absolute atomic E-state index is 0.200. The van der Waals surface area contributed by atoms with Gasteiger partial charge in [-0.15, -0.1) is 0 Å². The predicted molar refractivity (Wildman–Crippen MR) is 60.0 cm³/mol. The van der Waals surface area contributed by atoms with Gasteiger partial charge in [-0.3, -0.25) is 9.79 Å². The topological polar surface area (TPSA) is 107 Å². The molecule has 17 heavy (non-hydrogen) atoms. The lowest BCUT2D eigenvalue weighted by Gasteiger charge is -2.23. The summed E-state index contributed by atoms with van der Waals surface area (Å²) in [6.45, 7) is 6.61. The van der Waals surface area contributed by atoms with Crippen LogP contribution in [0.4, 0.5) is 0 Å². The molecule has 4 unspecified atom stereocenters. The molecule has 0 aromatic heterocycles. The summed E-state index contributed by atoms with van der Waals surface area (Å²) >= 11 is 0. The van der Waals surface area contributed by atoms with Crippen LogP contribution in [0.1, 0.15) is 13.8 Å². The number of hydrogen-bond acceptors (Lipinski definition) is 4. The molecule has 0 aromatic rings. The van der Waals surface area contributed by atoms with Crippen molar-refractivity contribution in [2.45, 2.75) is 26.0 Å². The van der Waals surface area contributed by atoms with Crippen molar-refractivity contribution in [3.8, 4) is 0 Å². The lowest BCUT2D eigenvalue weighted by Crippen LogP contribution is -2.37. The van der Waals surface area contributed by atoms with E-state index in [1.807, 2.05) is 0 Å². The highest BCUT2D eigenvalue weighted by molar-refractivity contribution is 6.43. The molecule has 0 radical (unpaired) electrons. The van der Waals surface area contributed by atoms with Gasteiger partial charge in [0.05, 0.1) is 12.1 Å². The van der Waals surface area contributed by atoms with Gasteiger partial charge in [0, 0.05) is 5.92 Å².